The Morgan fingerprint density at radius 3 is 2.44 bits per heavy atom. The Labute approximate surface area is 116 Å². The van der Waals surface area contributed by atoms with E-state index in [0.717, 1.165) is 42.0 Å². The zero-order chi connectivity index (χ0) is 12.6. The minimum Gasteiger partial charge on any atom is -0.489 e. The molecule has 0 unspecified atom stereocenters. The number of hydrogen-bond acceptors (Lipinski definition) is 3. The molecule has 0 radical (unpaired) electrons. The summed E-state index contributed by atoms with van der Waals surface area (Å²) in [7, 11) is 0. The van der Waals surface area contributed by atoms with Crippen LogP contribution in [0.2, 0.25) is 0 Å². The number of halogens is 1. The normalized spacial score (nSPS) is 19.7. The molecule has 1 fully saturated rings. The summed E-state index contributed by atoms with van der Waals surface area (Å²) >= 11 is 3.60. The van der Waals surface area contributed by atoms with Gasteiger partial charge in [0.05, 0.1) is 13.2 Å². The lowest BCUT2D eigenvalue weighted by molar-refractivity contribution is 0.197. The summed E-state index contributed by atoms with van der Waals surface area (Å²) < 4.78 is 12.9. The molecule has 0 amide bonds. The highest BCUT2D eigenvalue weighted by Gasteiger charge is 2.46. The Hall–Kier alpha value is -0.740. The van der Waals surface area contributed by atoms with Gasteiger partial charge in [0.25, 0.3) is 0 Å². The first kappa shape index (κ1) is 12.3. The van der Waals surface area contributed by atoms with Crippen LogP contribution >= 0.6 is 15.9 Å². The van der Waals surface area contributed by atoms with Crippen molar-refractivity contribution in [1.82, 2.24) is 0 Å². The van der Waals surface area contributed by atoms with Gasteiger partial charge in [0.15, 0.2) is 11.5 Å². The van der Waals surface area contributed by atoms with Gasteiger partial charge >= 0.3 is 0 Å². The standard InChI is InChI=1S/C14H18BrNO2/c15-11-7-13-12(6-10(11)2-1-5-16)17-8-14(3-4-14)9-18-13/h6-7H,1-5,8-9,16H2. The van der Waals surface area contributed by atoms with Crippen LogP contribution < -0.4 is 15.2 Å². The molecule has 3 rings (SSSR count). The number of nitrogens with two attached hydrogens (primary N) is 1. The molecule has 0 bridgehead atoms. The van der Waals surface area contributed by atoms with Crippen molar-refractivity contribution >= 4 is 15.9 Å². The first-order valence-electron chi connectivity index (χ1n) is 6.51. The van der Waals surface area contributed by atoms with Gasteiger partial charge in [-0.2, -0.15) is 0 Å². The molecule has 1 aromatic rings. The molecule has 2 aliphatic rings. The van der Waals surface area contributed by atoms with Crippen LogP contribution in [0.3, 0.4) is 0 Å². The number of benzene rings is 1. The molecule has 3 nitrogen and oxygen atoms in total. The summed E-state index contributed by atoms with van der Waals surface area (Å²) in [6, 6.07) is 4.12. The van der Waals surface area contributed by atoms with Crippen molar-refractivity contribution in [3.8, 4) is 11.5 Å². The molecule has 2 N–H and O–H groups in total. The molecule has 18 heavy (non-hydrogen) atoms. The van der Waals surface area contributed by atoms with Crippen molar-refractivity contribution in [1.29, 1.82) is 0 Å². The summed E-state index contributed by atoms with van der Waals surface area (Å²) in [4.78, 5) is 0. The summed E-state index contributed by atoms with van der Waals surface area (Å²) in [6.45, 7) is 2.29. The molecule has 1 saturated carbocycles. The highest BCUT2D eigenvalue weighted by atomic mass is 79.9. The van der Waals surface area contributed by atoms with E-state index in [0.29, 0.717) is 12.0 Å². The van der Waals surface area contributed by atoms with E-state index >= 15 is 0 Å². The Morgan fingerprint density at radius 2 is 1.83 bits per heavy atom. The summed E-state index contributed by atoms with van der Waals surface area (Å²) in [5.41, 5.74) is 7.10. The zero-order valence-corrected chi connectivity index (χ0v) is 12.0. The van der Waals surface area contributed by atoms with E-state index in [1.807, 2.05) is 6.07 Å². The van der Waals surface area contributed by atoms with E-state index < -0.39 is 0 Å². The molecule has 1 heterocycles. The van der Waals surface area contributed by atoms with Crippen LogP contribution in [0.5, 0.6) is 11.5 Å². The Kier molecular flexibility index (Phi) is 3.24. The van der Waals surface area contributed by atoms with Crippen molar-refractivity contribution in [3.63, 3.8) is 0 Å². The number of hydrogen-bond donors (Lipinski definition) is 1. The van der Waals surface area contributed by atoms with Gasteiger partial charge in [0.1, 0.15) is 0 Å². The van der Waals surface area contributed by atoms with Crippen molar-refractivity contribution in [2.75, 3.05) is 19.8 Å². The molecule has 0 aromatic heterocycles. The second-order valence-electron chi connectivity index (χ2n) is 5.36. The maximum absolute atomic E-state index is 5.92. The third-order valence-corrected chi connectivity index (χ3v) is 4.53. The monoisotopic (exact) mass is 311 g/mol. The molecule has 4 heteroatoms. The van der Waals surface area contributed by atoms with Gasteiger partial charge in [-0.3, -0.25) is 0 Å². The van der Waals surface area contributed by atoms with Crippen LogP contribution in [0.15, 0.2) is 16.6 Å². The van der Waals surface area contributed by atoms with Gasteiger partial charge in [0.2, 0.25) is 0 Å². The molecule has 0 atom stereocenters. The van der Waals surface area contributed by atoms with Gasteiger partial charge in [-0.1, -0.05) is 15.9 Å². The second-order valence-corrected chi connectivity index (χ2v) is 6.21. The van der Waals surface area contributed by atoms with Crippen LogP contribution in [0.1, 0.15) is 24.8 Å². The minimum absolute atomic E-state index is 0.295. The van der Waals surface area contributed by atoms with Gasteiger partial charge in [-0.25, -0.2) is 0 Å². The first-order valence-corrected chi connectivity index (χ1v) is 7.30. The number of aryl methyl sites for hydroxylation is 1. The Morgan fingerprint density at radius 1 is 1.17 bits per heavy atom. The lowest BCUT2D eigenvalue weighted by atomic mass is 10.1. The van der Waals surface area contributed by atoms with Gasteiger partial charge < -0.3 is 15.2 Å². The molecule has 98 valence electrons. The van der Waals surface area contributed by atoms with Crippen LogP contribution in [-0.4, -0.2) is 19.8 Å². The van der Waals surface area contributed by atoms with E-state index in [-0.39, 0.29) is 0 Å². The molecular weight excluding hydrogens is 294 g/mol. The van der Waals surface area contributed by atoms with E-state index in [1.54, 1.807) is 0 Å². The van der Waals surface area contributed by atoms with E-state index in [4.69, 9.17) is 15.2 Å². The van der Waals surface area contributed by atoms with Crippen LogP contribution in [0.4, 0.5) is 0 Å². The fourth-order valence-corrected chi connectivity index (χ4v) is 2.78. The number of fused-ring (bicyclic) bond motifs is 1. The smallest absolute Gasteiger partial charge is 0.162 e. The number of ether oxygens (including phenoxy) is 2. The van der Waals surface area contributed by atoms with E-state index in [1.165, 1.54) is 18.4 Å². The molecule has 1 aliphatic heterocycles. The van der Waals surface area contributed by atoms with Crippen LogP contribution in [0, 0.1) is 5.41 Å². The van der Waals surface area contributed by atoms with E-state index in [2.05, 4.69) is 22.0 Å². The maximum Gasteiger partial charge on any atom is 0.162 e. The quantitative estimate of drug-likeness (QED) is 0.933. The summed E-state index contributed by atoms with van der Waals surface area (Å²) in [5.74, 6) is 1.75. The Bertz CT molecular complexity index is 457. The molecule has 0 saturated heterocycles. The summed E-state index contributed by atoms with van der Waals surface area (Å²) in [5, 5.41) is 0. The largest absolute Gasteiger partial charge is 0.489 e. The highest BCUT2D eigenvalue weighted by molar-refractivity contribution is 9.10. The zero-order valence-electron chi connectivity index (χ0n) is 10.4. The van der Waals surface area contributed by atoms with Crippen molar-refractivity contribution in [3.05, 3.63) is 22.2 Å². The SMILES string of the molecule is NCCCc1cc2c(cc1Br)OCC1(CC1)CO2. The summed E-state index contributed by atoms with van der Waals surface area (Å²) in [6.07, 6.45) is 4.41. The lowest BCUT2D eigenvalue weighted by Crippen LogP contribution is -2.17. The predicted molar refractivity (Wildman–Crippen MR) is 74.2 cm³/mol. The van der Waals surface area contributed by atoms with Gasteiger partial charge in [-0.05, 0) is 49.9 Å². The fourth-order valence-electron chi connectivity index (χ4n) is 2.26. The second kappa shape index (κ2) is 4.74. The third-order valence-electron chi connectivity index (χ3n) is 3.79. The van der Waals surface area contributed by atoms with Crippen LogP contribution in [0.25, 0.3) is 0 Å². The van der Waals surface area contributed by atoms with Gasteiger partial charge in [-0.15, -0.1) is 0 Å². The molecule has 1 spiro atoms. The Balaban J connectivity index is 1.83. The third kappa shape index (κ3) is 2.36. The van der Waals surface area contributed by atoms with Gasteiger partial charge in [0, 0.05) is 9.89 Å². The molecule has 1 aliphatic carbocycles. The number of rotatable bonds is 3. The van der Waals surface area contributed by atoms with Crippen molar-refractivity contribution < 1.29 is 9.47 Å². The molecular formula is C14H18BrNO2. The lowest BCUT2D eigenvalue weighted by Gasteiger charge is -2.11. The average molecular weight is 312 g/mol. The minimum atomic E-state index is 0.295. The van der Waals surface area contributed by atoms with Crippen molar-refractivity contribution in [2.45, 2.75) is 25.7 Å². The van der Waals surface area contributed by atoms with Crippen molar-refractivity contribution in [2.24, 2.45) is 11.1 Å². The van der Waals surface area contributed by atoms with E-state index in [9.17, 15) is 0 Å². The molecule has 1 aromatic carbocycles. The topological polar surface area (TPSA) is 44.5 Å². The maximum atomic E-state index is 5.92. The highest BCUT2D eigenvalue weighted by Crippen LogP contribution is 2.49. The fraction of sp³-hybridized carbons (Fsp3) is 0.571. The predicted octanol–water partition coefficient (Wildman–Crippen LogP) is 2.89. The first-order chi connectivity index (χ1) is 8.72. The van der Waals surface area contributed by atoms with Crippen LogP contribution in [-0.2, 0) is 6.42 Å². The average Bonchev–Trinajstić information content (AvgIpc) is 3.16.